The van der Waals surface area contributed by atoms with E-state index in [1.54, 1.807) is 0 Å². The van der Waals surface area contributed by atoms with Gasteiger partial charge >= 0.3 is 5.97 Å². The van der Waals surface area contributed by atoms with Crippen molar-refractivity contribution in [2.75, 3.05) is 0 Å². The fourth-order valence-corrected chi connectivity index (χ4v) is 3.80. The average molecular weight is 282 g/mol. The van der Waals surface area contributed by atoms with E-state index in [4.69, 9.17) is 10.8 Å². The lowest BCUT2D eigenvalue weighted by atomic mass is 9.79. The number of rotatable bonds is 5. The Hall–Kier alpha value is -1.10. The quantitative estimate of drug-likeness (QED) is 0.717. The number of carbonyl (C=O) groups is 2. The smallest absolute Gasteiger partial charge is 0.303 e. The maximum atomic E-state index is 12.2. The Morgan fingerprint density at radius 3 is 2.35 bits per heavy atom. The van der Waals surface area contributed by atoms with Crippen molar-refractivity contribution in [1.29, 1.82) is 0 Å². The Balaban J connectivity index is 1.89. The second-order valence-corrected chi connectivity index (χ2v) is 6.58. The molecule has 2 unspecified atom stereocenters. The summed E-state index contributed by atoms with van der Waals surface area (Å²) in [5, 5.41) is 12.1. The molecule has 0 spiro atoms. The zero-order chi connectivity index (χ0) is 14.6. The van der Waals surface area contributed by atoms with E-state index in [-0.39, 0.29) is 29.8 Å². The molecule has 2 fully saturated rings. The van der Waals surface area contributed by atoms with Crippen LogP contribution in [0.15, 0.2) is 0 Å². The predicted octanol–water partition coefficient (Wildman–Crippen LogP) is 1.80. The fourth-order valence-electron chi connectivity index (χ4n) is 3.80. The summed E-state index contributed by atoms with van der Waals surface area (Å²) >= 11 is 0. The van der Waals surface area contributed by atoms with E-state index >= 15 is 0 Å². The minimum Gasteiger partial charge on any atom is -0.481 e. The molecule has 5 nitrogen and oxygen atoms in total. The highest BCUT2D eigenvalue weighted by Gasteiger charge is 2.38. The molecular formula is C15H26N2O3. The molecule has 0 aromatic rings. The van der Waals surface area contributed by atoms with Gasteiger partial charge in [-0.1, -0.05) is 25.7 Å². The zero-order valence-electron chi connectivity index (χ0n) is 12.1. The Morgan fingerprint density at radius 2 is 1.75 bits per heavy atom. The third-order valence-corrected chi connectivity index (χ3v) is 4.89. The van der Waals surface area contributed by atoms with Crippen molar-refractivity contribution in [3.05, 3.63) is 0 Å². The fraction of sp³-hybridized carbons (Fsp3) is 0.867. The standard InChI is InChI=1S/C15H26N2O3/c16-11-5-1-2-6-12(11)17-13(18)9-15(10-14(19)20)7-3-4-8-15/h11-12H,1-10,16H2,(H,17,18)(H,19,20). The molecule has 20 heavy (non-hydrogen) atoms. The third-order valence-electron chi connectivity index (χ3n) is 4.89. The van der Waals surface area contributed by atoms with Crippen LogP contribution in [-0.4, -0.2) is 29.1 Å². The number of carboxylic acids is 1. The summed E-state index contributed by atoms with van der Waals surface area (Å²) in [5.74, 6) is -0.815. The third kappa shape index (κ3) is 3.95. The summed E-state index contributed by atoms with van der Waals surface area (Å²) < 4.78 is 0. The molecule has 2 aliphatic rings. The van der Waals surface area contributed by atoms with E-state index in [1.165, 1.54) is 0 Å². The van der Waals surface area contributed by atoms with Crippen LogP contribution >= 0.6 is 0 Å². The van der Waals surface area contributed by atoms with Crippen LogP contribution in [-0.2, 0) is 9.59 Å². The summed E-state index contributed by atoms with van der Waals surface area (Å²) in [4.78, 5) is 23.3. The van der Waals surface area contributed by atoms with Crippen LogP contribution < -0.4 is 11.1 Å². The minimum absolute atomic E-state index is 0.0181. The minimum atomic E-state index is -0.797. The van der Waals surface area contributed by atoms with Gasteiger partial charge in [-0.2, -0.15) is 0 Å². The van der Waals surface area contributed by atoms with Crippen LogP contribution in [0.25, 0.3) is 0 Å². The van der Waals surface area contributed by atoms with E-state index in [9.17, 15) is 9.59 Å². The summed E-state index contributed by atoms with van der Waals surface area (Å²) in [6, 6.07) is 0.117. The number of hydrogen-bond acceptors (Lipinski definition) is 3. The first kappa shape index (κ1) is 15.3. The number of aliphatic carboxylic acids is 1. The van der Waals surface area contributed by atoms with Gasteiger partial charge in [0.15, 0.2) is 0 Å². The van der Waals surface area contributed by atoms with Crippen molar-refractivity contribution in [2.24, 2.45) is 11.1 Å². The first-order chi connectivity index (χ1) is 9.51. The van der Waals surface area contributed by atoms with Crippen LogP contribution in [0.5, 0.6) is 0 Å². The van der Waals surface area contributed by atoms with Crippen molar-refractivity contribution < 1.29 is 14.7 Å². The lowest BCUT2D eigenvalue weighted by Crippen LogP contribution is -2.50. The molecular weight excluding hydrogens is 256 g/mol. The number of amides is 1. The Morgan fingerprint density at radius 1 is 1.10 bits per heavy atom. The van der Waals surface area contributed by atoms with Gasteiger partial charge in [-0.3, -0.25) is 9.59 Å². The van der Waals surface area contributed by atoms with Crippen molar-refractivity contribution in [2.45, 2.75) is 76.3 Å². The molecule has 0 aromatic carbocycles. The van der Waals surface area contributed by atoms with Crippen molar-refractivity contribution >= 4 is 11.9 Å². The van der Waals surface area contributed by atoms with Crippen LogP contribution in [0.3, 0.4) is 0 Å². The lowest BCUT2D eigenvalue weighted by molar-refractivity contribution is -0.140. The van der Waals surface area contributed by atoms with Gasteiger partial charge in [0.2, 0.25) is 5.91 Å². The van der Waals surface area contributed by atoms with Crippen LogP contribution in [0.4, 0.5) is 0 Å². The number of carboxylic acid groups (broad SMARTS) is 1. The molecule has 0 heterocycles. The normalized spacial score (nSPS) is 29.1. The van der Waals surface area contributed by atoms with Crippen molar-refractivity contribution in [3.63, 3.8) is 0 Å². The highest BCUT2D eigenvalue weighted by atomic mass is 16.4. The van der Waals surface area contributed by atoms with Crippen LogP contribution in [0.2, 0.25) is 0 Å². The van der Waals surface area contributed by atoms with E-state index in [0.717, 1.165) is 51.4 Å². The highest BCUT2D eigenvalue weighted by molar-refractivity contribution is 5.78. The molecule has 5 heteroatoms. The Labute approximate surface area is 120 Å². The summed E-state index contributed by atoms with van der Waals surface area (Å²) in [6.07, 6.45) is 8.36. The maximum Gasteiger partial charge on any atom is 0.303 e. The predicted molar refractivity (Wildman–Crippen MR) is 76.1 cm³/mol. The molecule has 2 aliphatic carbocycles. The number of nitrogens with two attached hydrogens (primary N) is 1. The molecule has 0 aromatic heterocycles. The first-order valence-electron chi connectivity index (χ1n) is 7.78. The van der Waals surface area contributed by atoms with E-state index in [1.807, 2.05) is 0 Å². The first-order valence-corrected chi connectivity index (χ1v) is 7.78. The van der Waals surface area contributed by atoms with Crippen molar-refractivity contribution in [3.8, 4) is 0 Å². The largest absolute Gasteiger partial charge is 0.481 e. The highest BCUT2D eigenvalue weighted by Crippen LogP contribution is 2.44. The second-order valence-electron chi connectivity index (χ2n) is 6.58. The van der Waals surface area contributed by atoms with Gasteiger partial charge in [-0.25, -0.2) is 0 Å². The zero-order valence-corrected chi connectivity index (χ0v) is 12.1. The number of nitrogens with one attached hydrogen (secondary N) is 1. The Kier molecular flexibility index (Phi) is 5.02. The maximum absolute atomic E-state index is 12.2. The lowest BCUT2D eigenvalue weighted by Gasteiger charge is -2.32. The summed E-state index contributed by atoms with van der Waals surface area (Å²) in [5.41, 5.74) is 5.72. The van der Waals surface area contributed by atoms with Gasteiger partial charge in [-0.15, -0.1) is 0 Å². The van der Waals surface area contributed by atoms with Crippen LogP contribution in [0.1, 0.15) is 64.2 Å². The molecule has 4 N–H and O–H groups in total. The van der Waals surface area contributed by atoms with E-state index in [0.29, 0.717) is 6.42 Å². The van der Waals surface area contributed by atoms with Gasteiger partial charge in [0.1, 0.15) is 0 Å². The second kappa shape index (κ2) is 6.57. The SMILES string of the molecule is NC1CCCCC1NC(=O)CC1(CC(=O)O)CCCC1. The molecule has 0 bridgehead atoms. The van der Waals surface area contributed by atoms with Gasteiger partial charge in [0.25, 0.3) is 0 Å². The van der Waals surface area contributed by atoms with Crippen molar-refractivity contribution in [1.82, 2.24) is 5.32 Å². The molecule has 2 atom stereocenters. The molecule has 2 rings (SSSR count). The molecule has 0 saturated heterocycles. The molecule has 1 amide bonds. The average Bonchev–Trinajstić information content (AvgIpc) is 2.79. The topological polar surface area (TPSA) is 92.4 Å². The Bertz CT molecular complexity index is 364. The van der Waals surface area contributed by atoms with Crippen LogP contribution in [0, 0.1) is 5.41 Å². The number of carbonyl (C=O) groups excluding carboxylic acids is 1. The van der Waals surface area contributed by atoms with Gasteiger partial charge in [-0.05, 0) is 31.1 Å². The molecule has 2 saturated carbocycles. The van der Waals surface area contributed by atoms with E-state index in [2.05, 4.69) is 5.32 Å². The van der Waals surface area contributed by atoms with Gasteiger partial charge in [0, 0.05) is 18.5 Å². The molecule has 0 radical (unpaired) electrons. The number of hydrogen-bond donors (Lipinski definition) is 3. The monoisotopic (exact) mass is 282 g/mol. The van der Waals surface area contributed by atoms with E-state index < -0.39 is 5.97 Å². The molecule has 114 valence electrons. The summed E-state index contributed by atoms with van der Waals surface area (Å²) in [6.45, 7) is 0. The van der Waals surface area contributed by atoms with Gasteiger partial charge < -0.3 is 16.2 Å². The van der Waals surface area contributed by atoms with Gasteiger partial charge in [0.05, 0.1) is 6.42 Å². The molecule has 0 aliphatic heterocycles. The summed E-state index contributed by atoms with van der Waals surface area (Å²) in [7, 11) is 0.